The van der Waals surface area contributed by atoms with Crippen molar-refractivity contribution in [1.82, 2.24) is 9.97 Å². The average molecular weight is 425 g/mol. The third kappa shape index (κ3) is 5.10. The highest BCUT2D eigenvalue weighted by atomic mass is 16.5. The second kappa shape index (κ2) is 9.31. The third-order valence-corrected chi connectivity index (χ3v) is 4.77. The average Bonchev–Trinajstić information content (AvgIpc) is 2.79. The molecule has 0 saturated heterocycles. The first-order valence-electron chi connectivity index (χ1n) is 10.2. The lowest BCUT2D eigenvalue weighted by atomic mass is 10.1. The van der Waals surface area contributed by atoms with Crippen LogP contribution in [0.2, 0.25) is 0 Å². The van der Waals surface area contributed by atoms with E-state index < -0.39 is 0 Å². The van der Waals surface area contributed by atoms with Crippen LogP contribution in [0, 0.1) is 13.8 Å². The normalized spacial score (nSPS) is 10.5. The highest BCUT2D eigenvalue weighted by molar-refractivity contribution is 6.04. The van der Waals surface area contributed by atoms with Crippen molar-refractivity contribution in [2.45, 2.75) is 13.8 Å². The molecule has 0 unspecified atom stereocenters. The number of aryl methyl sites for hydroxylation is 2. The predicted molar refractivity (Wildman–Crippen MR) is 124 cm³/mol. The molecule has 0 aliphatic heterocycles. The van der Waals surface area contributed by atoms with Crippen LogP contribution in [0.3, 0.4) is 0 Å². The standard InChI is InChI=1S/C26H23N3O3/c1-17-13-18(2)15-21(14-17)28-26(30)20-6-4-5-19(16-20)25-27-12-11-24(29-25)32-23-9-7-22(31-3)8-10-23/h4-16H,1-3H3,(H,28,30). The fourth-order valence-corrected chi connectivity index (χ4v) is 3.35. The molecule has 32 heavy (non-hydrogen) atoms. The Labute approximate surface area is 186 Å². The minimum Gasteiger partial charge on any atom is -0.497 e. The highest BCUT2D eigenvalue weighted by Crippen LogP contribution is 2.25. The van der Waals surface area contributed by atoms with Gasteiger partial charge in [-0.15, -0.1) is 0 Å². The summed E-state index contributed by atoms with van der Waals surface area (Å²) >= 11 is 0. The molecule has 160 valence electrons. The van der Waals surface area contributed by atoms with E-state index in [0.29, 0.717) is 23.0 Å². The Morgan fingerprint density at radius 3 is 2.31 bits per heavy atom. The molecule has 6 heteroatoms. The van der Waals surface area contributed by atoms with Gasteiger partial charge in [-0.3, -0.25) is 4.79 Å². The molecule has 6 nitrogen and oxygen atoms in total. The number of ether oxygens (including phenoxy) is 2. The minimum absolute atomic E-state index is 0.192. The highest BCUT2D eigenvalue weighted by Gasteiger charge is 2.11. The van der Waals surface area contributed by atoms with E-state index in [1.165, 1.54) is 0 Å². The molecule has 0 radical (unpaired) electrons. The molecule has 0 atom stereocenters. The van der Waals surface area contributed by atoms with Crippen molar-refractivity contribution in [3.63, 3.8) is 0 Å². The lowest BCUT2D eigenvalue weighted by Crippen LogP contribution is -2.12. The topological polar surface area (TPSA) is 73.3 Å². The summed E-state index contributed by atoms with van der Waals surface area (Å²) in [5.41, 5.74) is 4.20. The molecular formula is C26H23N3O3. The predicted octanol–water partition coefficient (Wildman–Crippen LogP) is 5.81. The number of rotatable bonds is 6. The fourth-order valence-electron chi connectivity index (χ4n) is 3.35. The number of aromatic nitrogens is 2. The second-order valence-electron chi connectivity index (χ2n) is 7.41. The first-order valence-corrected chi connectivity index (χ1v) is 10.2. The van der Waals surface area contributed by atoms with Gasteiger partial charge in [0.2, 0.25) is 5.88 Å². The summed E-state index contributed by atoms with van der Waals surface area (Å²) in [4.78, 5) is 21.6. The molecule has 0 fully saturated rings. The molecule has 3 aromatic carbocycles. The summed E-state index contributed by atoms with van der Waals surface area (Å²) in [6, 6.07) is 22.1. The van der Waals surface area contributed by atoms with Gasteiger partial charge in [0.1, 0.15) is 11.5 Å². The zero-order valence-corrected chi connectivity index (χ0v) is 18.1. The fraction of sp³-hybridized carbons (Fsp3) is 0.115. The van der Waals surface area contributed by atoms with Crippen molar-refractivity contribution in [2.24, 2.45) is 0 Å². The van der Waals surface area contributed by atoms with Crippen LogP contribution >= 0.6 is 0 Å². The molecule has 0 spiro atoms. The van der Waals surface area contributed by atoms with Crippen molar-refractivity contribution in [2.75, 3.05) is 12.4 Å². The Morgan fingerprint density at radius 1 is 0.875 bits per heavy atom. The number of anilines is 1. The molecule has 1 aromatic heterocycles. The number of amides is 1. The monoisotopic (exact) mass is 425 g/mol. The molecule has 0 aliphatic rings. The van der Waals surface area contributed by atoms with E-state index in [4.69, 9.17) is 9.47 Å². The molecule has 1 amide bonds. The summed E-state index contributed by atoms with van der Waals surface area (Å²) in [5.74, 6) is 2.07. The van der Waals surface area contributed by atoms with Crippen LogP contribution in [-0.4, -0.2) is 23.0 Å². The summed E-state index contributed by atoms with van der Waals surface area (Å²) in [7, 11) is 1.61. The molecule has 0 saturated carbocycles. The molecule has 1 N–H and O–H groups in total. The van der Waals surface area contributed by atoms with Gasteiger partial charge in [-0.1, -0.05) is 18.2 Å². The van der Waals surface area contributed by atoms with Gasteiger partial charge in [0, 0.05) is 29.1 Å². The minimum atomic E-state index is -0.192. The largest absolute Gasteiger partial charge is 0.497 e. The van der Waals surface area contributed by atoms with Crippen molar-refractivity contribution in [1.29, 1.82) is 0 Å². The quantitative estimate of drug-likeness (QED) is 0.422. The maximum Gasteiger partial charge on any atom is 0.255 e. The molecule has 4 aromatic rings. The van der Waals surface area contributed by atoms with Crippen LogP contribution in [0.1, 0.15) is 21.5 Å². The Balaban J connectivity index is 1.53. The number of hydrogen-bond acceptors (Lipinski definition) is 5. The van der Waals surface area contributed by atoms with Crippen LogP contribution in [-0.2, 0) is 0 Å². The van der Waals surface area contributed by atoms with Gasteiger partial charge in [-0.25, -0.2) is 4.98 Å². The van der Waals surface area contributed by atoms with Gasteiger partial charge < -0.3 is 14.8 Å². The van der Waals surface area contributed by atoms with Crippen molar-refractivity contribution in [3.05, 3.63) is 95.7 Å². The molecule has 0 bridgehead atoms. The van der Waals surface area contributed by atoms with E-state index in [1.807, 2.05) is 50.2 Å². The van der Waals surface area contributed by atoms with Crippen LogP contribution in [0.25, 0.3) is 11.4 Å². The van der Waals surface area contributed by atoms with Gasteiger partial charge in [0.25, 0.3) is 5.91 Å². The maximum absolute atomic E-state index is 12.8. The number of methoxy groups -OCH3 is 1. The van der Waals surface area contributed by atoms with E-state index in [1.54, 1.807) is 43.6 Å². The van der Waals surface area contributed by atoms with Crippen LogP contribution in [0.4, 0.5) is 5.69 Å². The third-order valence-electron chi connectivity index (χ3n) is 4.77. The van der Waals surface area contributed by atoms with Gasteiger partial charge >= 0.3 is 0 Å². The Morgan fingerprint density at radius 2 is 1.59 bits per heavy atom. The Hall–Kier alpha value is -4.19. The lowest BCUT2D eigenvalue weighted by Gasteiger charge is -2.09. The van der Waals surface area contributed by atoms with Gasteiger partial charge in [0.05, 0.1) is 7.11 Å². The Bertz CT molecular complexity index is 1230. The van der Waals surface area contributed by atoms with E-state index in [2.05, 4.69) is 21.4 Å². The van der Waals surface area contributed by atoms with E-state index in [-0.39, 0.29) is 5.91 Å². The number of benzene rings is 3. The Kier molecular flexibility index (Phi) is 6.12. The first kappa shape index (κ1) is 21.1. The van der Waals surface area contributed by atoms with E-state index >= 15 is 0 Å². The van der Waals surface area contributed by atoms with Crippen LogP contribution in [0.5, 0.6) is 17.4 Å². The molecular weight excluding hydrogens is 402 g/mol. The molecule has 1 heterocycles. The smallest absolute Gasteiger partial charge is 0.255 e. The summed E-state index contributed by atoms with van der Waals surface area (Å²) in [5, 5.41) is 2.96. The van der Waals surface area contributed by atoms with Gasteiger partial charge in [-0.05, 0) is 73.5 Å². The summed E-state index contributed by atoms with van der Waals surface area (Å²) in [6.45, 7) is 4.00. The number of nitrogens with one attached hydrogen (secondary N) is 1. The first-order chi connectivity index (χ1) is 15.5. The number of hydrogen-bond donors (Lipinski definition) is 1. The van der Waals surface area contributed by atoms with E-state index in [9.17, 15) is 4.79 Å². The molecule has 0 aliphatic carbocycles. The van der Waals surface area contributed by atoms with Gasteiger partial charge in [-0.2, -0.15) is 4.98 Å². The van der Waals surface area contributed by atoms with E-state index in [0.717, 1.165) is 28.1 Å². The SMILES string of the molecule is COc1ccc(Oc2ccnc(-c3cccc(C(=O)Nc4cc(C)cc(C)c4)c3)n2)cc1. The number of carbonyl (C=O) groups excluding carboxylic acids is 1. The zero-order chi connectivity index (χ0) is 22.5. The van der Waals surface area contributed by atoms with Crippen molar-refractivity contribution >= 4 is 11.6 Å². The zero-order valence-electron chi connectivity index (χ0n) is 18.1. The summed E-state index contributed by atoms with van der Waals surface area (Å²) in [6.07, 6.45) is 1.63. The van der Waals surface area contributed by atoms with Crippen molar-refractivity contribution in [3.8, 4) is 28.8 Å². The lowest BCUT2D eigenvalue weighted by molar-refractivity contribution is 0.102. The van der Waals surface area contributed by atoms with Crippen LogP contribution in [0.15, 0.2) is 79.0 Å². The summed E-state index contributed by atoms with van der Waals surface area (Å²) < 4.78 is 11.0. The van der Waals surface area contributed by atoms with Crippen molar-refractivity contribution < 1.29 is 14.3 Å². The maximum atomic E-state index is 12.8. The number of nitrogens with zero attached hydrogens (tertiary/aromatic N) is 2. The number of carbonyl (C=O) groups is 1. The van der Waals surface area contributed by atoms with Crippen LogP contribution < -0.4 is 14.8 Å². The van der Waals surface area contributed by atoms with Gasteiger partial charge in [0.15, 0.2) is 5.82 Å². The molecule has 4 rings (SSSR count). The second-order valence-corrected chi connectivity index (χ2v) is 7.41.